The molecule has 0 heteroatoms. The van der Waals surface area contributed by atoms with Crippen LogP contribution < -0.4 is 0 Å². The molecular weight excluding hydrogens is 180 g/mol. The Balaban J connectivity index is 3.82. The Labute approximate surface area is 95.5 Å². The van der Waals surface area contributed by atoms with Gasteiger partial charge in [-0.1, -0.05) is 44.6 Å². The molecule has 0 amide bonds. The highest BCUT2D eigenvalue weighted by Crippen LogP contribution is 2.15. The SMILES string of the molecule is C#CCCC(/C=C\C/C=C\CC)CCC. The zero-order chi connectivity index (χ0) is 11.4. The van der Waals surface area contributed by atoms with E-state index in [2.05, 4.69) is 44.1 Å². The highest BCUT2D eigenvalue weighted by atomic mass is 14.1. The minimum Gasteiger partial charge on any atom is -0.120 e. The first-order valence-electron chi connectivity index (χ1n) is 6.10. The van der Waals surface area contributed by atoms with Gasteiger partial charge in [-0.05, 0) is 31.6 Å². The zero-order valence-corrected chi connectivity index (χ0v) is 10.2. The van der Waals surface area contributed by atoms with Gasteiger partial charge >= 0.3 is 0 Å². The van der Waals surface area contributed by atoms with E-state index in [1.165, 1.54) is 12.8 Å². The number of allylic oxidation sites excluding steroid dienone is 4. The minimum atomic E-state index is 0.682. The summed E-state index contributed by atoms with van der Waals surface area (Å²) in [5.74, 6) is 3.40. The molecule has 0 aromatic rings. The highest BCUT2D eigenvalue weighted by molar-refractivity contribution is 4.96. The van der Waals surface area contributed by atoms with E-state index in [1.54, 1.807) is 0 Å². The molecule has 84 valence electrons. The van der Waals surface area contributed by atoms with Crippen LogP contribution in [-0.2, 0) is 0 Å². The van der Waals surface area contributed by atoms with Gasteiger partial charge in [0.2, 0.25) is 0 Å². The van der Waals surface area contributed by atoms with Crippen molar-refractivity contribution in [2.24, 2.45) is 5.92 Å². The molecule has 0 fully saturated rings. The third-order valence-corrected chi connectivity index (χ3v) is 2.40. The Morgan fingerprint density at radius 3 is 2.53 bits per heavy atom. The van der Waals surface area contributed by atoms with Crippen molar-refractivity contribution in [3.05, 3.63) is 24.3 Å². The molecule has 0 aromatic carbocycles. The van der Waals surface area contributed by atoms with E-state index in [0.29, 0.717) is 5.92 Å². The van der Waals surface area contributed by atoms with E-state index < -0.39 is 0 Å². The summed E-state index contributed by atoms with van der Waals surface area (Å²) >= 11 is 0. The van der Waals surface area contributed by atoms with Gasteiger partial charge in [0.25, 0.3) is 0 Å². The molecule has 0 rings (SSSR count). The lowest BCUT2D eigenvalue weighted by atomic mass is 9.97. The maximum Gasteiger partial charge on any atom is 0.00916 e. The summed E-state index contributed by atoms with van der Waals surface area (Å²) in [6.07, 6.45) is 21.0. The molecule has 0 aliphatic carbocycles. The molecule has 0 bridgehead atoms. The van der Waals surface area contributed by atoms with Crippen molar-refractivity contribution in [1.82, 2.24) is 0 Å². The Morgan fingerprint density at radius 2 is 1.93 bits per heavy atom. The van der Waals surface area contributed by atoms with Crippen molar-refractivity contribution < 1.29 is 0 Å². The Morgan fingerprint density at radius 1 is 1.13 bits per heavy atom. The molecular formula is C15H24. The number of hydrogen-bond donors (Lipinski definition) is 0. The quantitative estimate of drug-likeness (QED) is 0.396. The van der Waals surface area contributed by atoms with Gasteiger partial charge in [0.05, 0.1) is 0 Å². The van der Waals surface area contributed by atoms with Crippen LogP contribution in [0.25, 0.3) is 0 Å². The van der Waals surface area contributed by atoms with Gasteiger partial charge in [-0.25, -0.2) is 0 Å². The van der Waals surface area contributed by atoms with Gasteiger partial charge in [0.1, 0.15) is 0 Å². The first-order valence-corrected chi connectivity index (χ1v) is 6.10. The molecule has 0 heterocycles. The first-order chi connectivity index (χ1) is 7.35. The summed E-state index contributed by atoms with van der Waals surface area (Å²) in [5.41, 5.74) is 0. The van der Waals surface area contributed by atoms with Crippen molar-refractivity contribution in [2.45, 2.75) is 52.4 Å². The van der Waals surface area contributed by atoms with Crippen LogP contribution in [-0.4, -0.2) is 0 Å². The topological polar surface area (TPSA) is 0 Å². The summed E-state index contributed by atoms with van der Waals surface area (Å²) in [5, 5.41) is 0. The van der Waals surface area contributed by atoms with Crippen LogP contribution in [0.15, 0.2) is 24.3 Å². The van der Waals surface area contributed by atoms with E-state index in [-0.39, 0.29) is 0 Å². The van der Waals surface area contributed by atoms with E-state index in [0.717, 1.165) is 25.7 Å². The molecule has 0 spiro atoms. The first kappa shape index (κ1) is 14.0. The average molecular weight is 204 g/mol. The lowest BCUT2D eigenvalue weighted by molar-refractivity contribution is 0.545. The lowest BCUT2D eigenvalue weighted by Gasteiger charge is -2.08. The van der Waals surface area contributed by atoms with Gasteiger partial charge in [-0.3, -0.25) is 0 Å². The smallest absolute Gasteiger partial charge is 0.00916 e. The Kier molecular flexibility index (Phi) is 10.4. The summed E-state index contributed by atoms with van der Waals surface area (Å²) in [4.78, 5) is 0. The monoisotopic (exact) mass is 204 g/mol. The largest absolute Gasteiger partial charge is 0.120 e. The van der Waals surface area contributed by atoms with Crippen molar-refractivity contribution in [3.63, 3.8) is 0 Å². The van der Waals surface area contributed by atoms with Crippen LogP contribution in [0, 0.1) is 18.3 Å². The molecule has 1 unspecified atom stereocenters. The van der Waals surface area contributed by atoms with E-state index in [1.807, 2.05) is 0 Å². The van der Waals surface area contributed by atoms with Gasteiger partial charge in [0, 0.05) is 6.42 Å². The average Bonchev–Trinajstić information content (AvgIpc) is 2.25. The zero-order valence-electron chi connectivity index (χ0n) is 10.2. The van der Waals surface area contributed by atoms with Crippen molar-refractivity contribution in [2.75, 3.05) is 0 Å². The van der Waals surface area contributed by atoms with Crippen LogP contribution in [0.2, 0.25) is 0 Å². The van der Waals surface area contributed by atoms with E-state index >= 15 is 0 Å². The van der Waals surface area contributed by atoms with Gasteiger partial charge in [0.15, 0.2) is 0 Å². The highest BCUT2D eigenvalue weighted by Gasteiger charge is 2.01. The second kappa shape index (κ2) is 11.1. The van der Waals surface area contributed by atoms with Crippen molar-refractivity contribution in [3.8, 4) is 12.3 Å². The molecule has 0 aliphatic heterocycles. The molecule has 0 N–H and O–H groups in total. The van der Waals surface area contributed by atoms with Crippen LogP contribution in [0.4, 0.5) is 0 Å². The summed E-state index contributed by atoms with van der Waals surface area (Å²) in [7, 11) is 0. The molecule has 0 aliphatic rings. The Hall–Kier alpha value is -0.960. The van der Waals surface area contributed by atoms with Crippen LogP contribution >= 0.6 is 0 Å². The lowest BCUT2D eigenvalue weighted by Crippen LogP contribution is -1.95. The van der Waals surface area contributed by atoms with E-state index in [4.69, 9.17) is 6.42 Å². The van der Waals surface area contributed by atoms with E-state index in [9.17, 15) is 0 Å². The van der Waals surface area contributed by atoms with Crippen molar-refractivity contribution in [1.29, 1.82) is 0 Å². The predicted molar refractivity (Wildman–Crippen MR) is 69.7 cm³/mol. The molecule has 0 nitrogen and oxygen atoms in total. The fourth-order valence-corrected chi connectivity index (χ4v) is 1.59. The second-order valence-electron chi connectivity index (χ2n) is 3.84. The third-order valence-electron chi connectivity index (χ3n) is 2.40. The maximum absolute atomic E-state index is 5.28. The second-order valence-corrected chi connectivity index (χ2v) is 3.84. The summed E-state index contributed by atoms with van der Waals surface area (Å²) < 4.78 is 0. The molecule has 0 radical (unpaired) electrons. The fraction of sp³-hybridized carbons (Fsp3) is 0.600. The number of rotatable bonds is 8. The van der Waals surface area contributed by atoms with Crippen LogP contribution in [0.1, 0.15) is 52.4 Å². The number of hydrogen-bond acceptors (Lipinski definition) is 0. The maximum atomic E-state index is 5.28. The molecule has 0 saturated heterocycles. The van der Waals surface area contributed by atoms with Crippen molar-refractivity contribution >= 4 is 0 Å². The third kappa shape index (κ3) is 9.35. The summed E-state index contributed by atoms with van der Waals surface area (Å²) in [6, 6.07) is 0. The van der Waals surface area contributed by atoms with Gasteiger partial charge < -0.3 is 0 Å². The fourth-order valence-electron chi connectivity index (χ4n) is 1.59. The van der Waals surface area contributed by atoms with Crippen LogP contribution in [0.5, 0.6) is 0 Å². The normalized spacial score (nSPS) is 13.4. The minimum absolute atomic E-state index is 0.682. The standard InChI is InChI=1S/C15H24/c1-4-7-9-10-11-14-15(12-6-3)13-8-5-2/h2,7,9,11,14-15H,4,6,8,10,12-13H2,1,3H3/b9-7-,14-11-. The van der Waals surface area contributed by atoms with Crippen LogP contribution in [0.3, 0.4) is 0 Å². The molecule has 1 atom stereocenters. The number of terminal acetylenes is 1. The molecule has 0 aromatic heterocycles. The predicted octanol–water partition coefficient (Wildman–Crippen LogP) is 4.73. The van der Waals surface area contributed by atoms with Gasteiger partial charge in [-0.2, -0.15) is 0 Å². The van der Waals surface area contributed by atoms with Gasteiger partial charge in [-0.15, -0.1) is 12.3 Å². The molecule has 15 heavy (non-hydrogen) atoms. The Bertz CT molecular complexity index is 215. The molecule has 0 saturated carbocycles. The summed E-state index contributed by atoms with van der Waals surface area (Å²) in [6.45, 7) is 4.39.